The van der Waals surface area contributed by atoms with Crippen molar-refractivity contribution in [2.45, 2.75) is 20.3 Å². The van der Waals surface area contributed by atoms with E-state index >= 15 is 0 Å². The van der Waals surface area contributed by atoms with E-state index in [0.717, 1.165) is 16.9 Å². The summed E-state index contributed by atoms with van der Waals surface area (Å²) in [5.41, 5.74) is 2.29. The summed E-state index contributed by atoms with van der Waals surface area (Å²) in [4.78, 5) is 11.4. The second-order valence-electron chi connectivity index (χ2n) is 4.22. The van der Waals surface area contributed by atoms with Gasteiger partial charge in [-0.2, -0.15) is 0 Å². The molecule has 0 aliphatic carbocycles. The van der Waals surface area contributed by atoms with Crippen LogP contribution in [0.3, 0.4) is 0 Å². The summed E-state index contributed by atoms with van der Waals surface area (Å²) in [5.74, 6) is 0.697. The van der Waals surface area contributed by atoms with Crippen LogP contribution in [0.25, 0.3) is 0 Å². The molecule has 0 spiro atoms. The summed E-state index contributed by atoms with van der Waals surface area (Å²) in [5, 5.41) is 3.06. The minimum Gasteiger partial charge on any atom is -0.493 e. The van der Waals surface area contributed by atoms with Crippen LogP contribution in [0.2, 0.25) is 0 Å². The van der Waals surface area contributed by atoms with Crippen molar-refractivity contribution >= 4 is 17.5 Å². The van der Waals surface area contributed by atoms with Crippen LogP contribution in [0, 0.1) is 13.8 Å². The molecule has 0 aliphatic rings. The van der Waals surface area contributed by atoms with Crippen molar-refractivity contribution in [1.82, 2.24) is 5.32 Å². The van der Waals surface area contributed by atoms with Crippen LogP contribution in [0.5, 0.6) is 5.75 Å². The highest BCUT2D eigenvalue weighted by molar-refractivity contribution is 6.29. The smallest absolute Gasteiger partial charge is 0.223 e. The Morgan fingerprint density at radius 3 is 2.50 bits per heavy atom. The Bertz CT molecular complexity index is 423. The molecule has 1 N–H and O–H groups in total. The monoisotopic (exact) mass is 267 g/mol. The maximum Gasteiger partial charge on any atom is 0.223 e. The van der Waals surface area contributed by atoms with Gasteiger partial charge in [-0.3, -0.25) is 4.79 Å². The van der Waals surface area contributed by atoms with Crippen LogP contribution in [-0.4, -0.2) is 19.1 Å². The van der Waals surface area contributed by atoms with Crippen molar-refractivity contribution in [2.75, 3.05) is 13.2 Å². The minimum absolute atomic E-state index is 0.0961. The van der Waals surface area contributed by atoms with Gasteiger partial charge in [-0.15, -0.1) is 0 Å². The molecule has 0 heterocycles. The molecule has 0 aromatic heterocycles. The van der Waals surface area contributed by atoms with E-state index in [-0.39, 0.29) is 5.91 Å². The molecule has 1 rings (SSSR count). The van der Waals surface area contributed by atoms with Gasteiger partial charge in [0, 0.05) is 5.03 Å². The third-order valence-electron chi connectivity index (χ3n) is 2.27. The predicted molar refractivity (Wildman–Crippen MR) is 74.0 cm³/mol. The zero-order valence-corrected chi connectivity index (χ0v) is 11.5. The van der Waals surface area contributed by atoms with E-state index in [1.54, 1.807) is 0 Å². The largest absolute Gasteiger partial charge is 0.493 e. The number of nitrogens with one attached hydrogen (secondary N) is 1. The third kappa shape index (κ3) is 5.73. The van der Waals surface area contributed by atoms with Gasteiger partial charge in [0.15, 0.2) is 0 Å². The number of carbonyl (C=O) groups excluding carboxylic acids is 1. The maximum atomic E-state index is 11.4. The van der Waals surface area contributed by atoms with Gasteiger partial charge in [0.2, 0.25) is 5.91 Å². The Kier molecular flexibility index (Phi) is 5.72. The van der Waals surface area contributed by atoms with Crippen LogP contribution in [0.1, 0.15) is 17.5 Å². The molecule has 0 aliphatic heterocycles. The first-order valence-electron chi connectivity index (χ1n) is 5.78. The molecule has 0 saturated heterocycles. The molecule has 1 amide bonds. The second kappa shape index (κ2) is 7.07. The Morgan fingerprint density at radius 1 is 1.33 bits per heavy atom. The summed E-state index contributed by atoms with van der Waals surface area (Å²) < 4.78 is 5.53. The average Bonchev–Trinajstić information content (AvgIpc) is 2.25. The number of hydrogen-bond acceptors (Lipinski definition) is 2. The first kappa shape index (κ1) is 14.6. The molecular formula is C14H18ClNO2. The van der Waals surface area contributed by atoms with Gasteiger partial charge in [0.05, 0.1) is 19.6 Å². The van der Waals surface area contributed by atoms with E-state index < -0.39 is 0 Å². The summed E-state index contributed by atoms with van der Waals surface area (Å²) >= 11 is 5.55. The molecule has 0 radical (unpaired) electrons. The average molecular weight is 268 g/mol. The Morgan fingerprint density at radius 2 is 1.94 bits per heavy atom. The van der Waals surface area contributed by atoms with E-state index in [1.807, 2.05) is 26.0 Å². The Labute approximate surface area is 113 Å². The molecule has 4 heteroatoms. The Hall–Kier alpha value is -1.48. The molecule has 0 unspecified atom stereocenters. The minimum atomic E-state index is -0.0961. The van der Waals surface area contributed by atoms with Gasteiger partial charge in [-0.05, 0) is 37.1 Å². The quantitative estimate of drug-likeness (QED) is 0.861. The molecule has 1 aromatic carbocycles. The van der Waals surface area contributed by atoms with Gasteiger partial charge >= 0.3 is 0 Å². The second-order valence-corrected chi connectivity index (χ2v) is 4.75. The van der Waals surface area contributed by atoms with Crippen molar-refractivity contribution in [2.24, 2.45) is 0 Å². The number of amides is 1. The van der Waals surface area contributed by atoms with E-state index in [4.69, 9.17) is 16.3 Å². The van der Waals surface area contributed by atoms with E-state index in [0.29, 0.717) is 24.6 Å². The summed E-state index contributed by atoms with van der Waals surface area (Å²) in [7, 11) is 0. The van der Waals surface area contributed by atoms with E-state index in [1.165, 1.54) is 0 Å². The van der Waals surface area contributed by atoms with Gasteiger partial charge < -0.3 is 10.1 Å². The molecule has 0 atom stereocenters. The zero-order chi connectivity index (χ0) is 13.5. The third-order valence-corrected chi connectivity index (χ3v) is 2.40. The lowest BCUT2D eigenvalue weighted by molar-refractivity contribution is -0.121. The molecule has 18 heavy (non-hydrogen) atoms. The van der Waals surface area contributed by atoms with Gasteiger partial charge in [-0.1, -0.05) is 24.2 Å². The number of aryl methyl sites for hydroxylation is 2. The highest BCUT2D eigenvalue weighted by atomic mass is 35.5. The van der Waals surface area contributed by atoms with Crippen molar-refractivity contribution in [3.63, 3.8) is 0 Å². The van der Waals surface area contributed by atoms with Crippen LogP contribution in [0.15, 0.2) is 29.8 Å². The SMILES string of the molecule is C=C(Cl)CNC(=O)CCOc1cc(C)cc(C)c1. The van der Waals surface area contributed by atoms with Crippen molar-refractivity contribution < 1.29 is 9.53 Å². The van der Waals surface area contributed by atoms with Crippen molar-refractivity contribution in [1.29, 1.82) is 0 Å². The highest BCUT2D eigenvalue weighted by Crippen LogP contribution is 2.16. The predicted octanol–water partition coefficient (Wildman–Crippen LogP) is 2.94. The van der Waals surface area contributed by atoms with Gasteiger partial charge in [-0.25, -0.2) is 0 Å². The summed E-state index contributed by atoms with van der Waals surface area (Å²) in [6.45, 7) is 8.17. The standard InChI is InChI=1S/C14H18ClNO2/c1-10-6-11(2)8-13(7-10)18-5-4-14(17)16-9-12(3)15/h6-8H,3-5,9H2,1-2H3,(H,16,17). The lowest BCUT2D eigenvalue weighted by Crippen LogP contribution is -2.25. The number of carbonyl (C=O) groups is 1. The fraction of sp³-hybridized carbons (Fsp3) is 0.357. The van der Waals surface area contributed by atoms with Crippen molar-refractivity contribution in [3.8, 4) is 5.75 Å². The van der Waals surface area contributed by atoms with Crippen LogP contribution in [-0.2, 0) is 4.79 Å². The van der Waals surface area contributed by atoms with Crippen LogP contribution >= 0.6 is 11.6 Å². The summed E-state index contributed by atoms with van der Waals surface area (Å²) in [6, 6.07) is 5.97. The number of rotatable bonds is 6. The van der Waals surface area contributed by atoms with Crippen LogP contribution < -0.4 is 10.1 Å². The maximum absolute atomic E-state index is 11.4. The van der Waals surface area contributed by atoms with Crippen molar-refractivity contribution in [3.05, 3.63) is 40.9 Å². The molecule has 0 fully saturated rings. The number of hydrogen-bond donors (Lipinski definition) is 1. The fourth-order valence-corrected chi connectivity index (χ4v) is 1.63. The highest BCUT2D eigenvalue weighted by Gasteiger charge is 2.02. The lowest BCUT2D eigenvalue weighted by Gasteiger charge is -2.08. The van der Waals surface area contributed by atoms with Crippen LogP contribution in [0.4, 0.5) is 0 Å². The van der Waals surface area contributed by atoms with Gasteiger partial charge in [0.25, 0.3) is 0 Å². The number of ether oxygens (including phenoxy) is 1. The normalized spacial score (nSPS) is 9.94. The fourth-order valence-electron chi connectivity index (χ4n) is 1.56. The molecule has 98 valence electrons. The first-order valence-corrected chi connectivity index (χ1v) is 6.16. The Balaban J connectivity index is 2.33. The topological polar surface area (TPSA) is 38.3 Å². The molecule has 0 saturated carbocycles. The molecule has 3 nitrogen and oxygen atoms in total. The van der Waals surface area contributed by atoms with Gasteiger partial charge in [0.1, 0.15) is 5.75 Å². The van der Waals surface area contributed by atoms with E-state index in [9.17, 15) is 4.79 Å². The number of benzene rings is 1. The molecule has 0 bridgehead atoms. The molecular weight excluding hydrogens is 250 g/mol. The first-order chi connectivity index (χ1) is 8.47. The zero-order valence-electron chi connectivity index (χ0n) is 10.8. The molecule has 1 aromatic rings. The lowest BCUT2D eigenvalue weighted by atomic mass is 10.1. The van der Waals surface area contributed by atoms with E-state index in [2.05, 4.69) is 18.0 Å². The summed E-state index contributed by atoms with van der Waals surface area (Å²) in [6.07, 6.45) is 0.303. The number of halogens is 1.